The maximum atomic E-state index is 12.9. The molecule has 23 heavy (non-hydrogen) atoms. The Morgan fingerprint density at radius 1 is 1.22 bits per heavy atom. The molecular weight excluding hydrogens is 292 g/mol. The molecule has 0 heterocycles. The highest BCUT2D eigenvalue weighted by atomic mass is 16.3. The molecule has 2 bridgehead atoms. The molecular formula is C19H28O4. The van der Waals surface area contributed by atoms with Gasteiger partial charge in [-0.3, -0.25) is 9.59 Å². The fourth-order valence-corrected chi connectivity index (χ4v) is 3.45. The number of aliphatic hydroxyl groups excluding tert-OH is 1. The van der Waals surface area contributed by atoms with E-state index in [1.54, 1.807) is 6.92 Å². The number of carbonyl (C=O) groups is 2. The number of Topliss-reactive ketones (excluding diaryl/α,β-unsaturated/α-hetero) is 2. The van der Waals surface area contributed by atoms with E-state index in [9.17, 15) is 19.8 Å². The lowest BCUT2D eigenvalue weighted by molar-refractivity contribution is -0.135. The maximum Gasteiger partial charge on any atom is 0.172 e. The monoisotopic (exact) mass is 320 g/mol. The predicted molar refractivity (Wildman–Crippen MR) is 88.8 cm³/mol. The molecule has 0 saturated heterocycles. The third-order valence-corrected chi connectivity index (χ3v) is 5.79. The Bertz CT molecular complexity index is 570. The van der Waals surface area contributed by atoms with E-state index in [4.69, 9.17) is 0 Å². The van der Waals surface area contributed by atoms with Gasteiger partial charge in [0, 0.05) is 11.8 Å². The van der Waals surface area contributed by atoms with Crippen LogP contribution in [0.4, 0.5) is 0 Å². The van der Waals surface area contributed by atoms with Crippen LogP contribution in [-0.2, 0) is 9.59 Å². The van der Waals surface area contributed by atoms with Crippen LogP contribution in [0.3, 0.4) is 0 Å². The third kappa shape index (κ3) is 3.48. The van der Waals surface area contributed by atoms with Gasteiger partial charge in [-0.25, -0.2) is 0 Å². The Balaban J connectivity index is 2.49. The normalized spacial score (nSPS) is 44.4. The van der Waals surface area contributed by atoms with Gasteiger partial charge >= 0.3 is 0 Å². The van der Waals surface area contributed by atoms with Gasteiger partial charge in [0.15, 0.2) is 11.6 Å². The summed E-state index contributed by atoms with van der Waals surface area (Å²) in [7, 11) is 0. The summed E-state index contributed by atoms with van der Waals surface area (Å²) in [5, 5.41) is 20.8. The molecule has 0 spiro atoms. The number of ketones is 2. The molecule has 0 radical (unpaired) electrons. The quantitative estimate of drug-likeness (QED) is 0.531. The van der Waals surface area contributed by atoms with E-state index in [0.717, 1.165) is 6.42 Å². The molecule has 2 aliphatic rings. The van der Waals surface area contributed by atoms with E-state index in [1.807, 2.05) is 20.8 Å². The van der Waals surface area contributed by atoms with Gasteiger partial charge in [-0.15, -0.1) is 0 Å². The largest absolute Gasteiger partial charge is 0.387 e. The number of allylic oxidation sites excluding steroid dienone is 3. The molecule has 0 aromatic rings. The minimum absolute atomic E-state index is 0.0203. The molecule has 0 unspecified atom stereocenters. The van der Waals surface area contributed by atoms with Crippen molar-refractivity contribution in [2.45, 2.75) is 71.5 Å². The molecule has 0 aliphatic heterocycles. The summed E-state index contributed by atoms with van der Waals surface area (Å²) in [5.74, 6) is -0.434. The summed E-state index contributed by atoms with van der Waals surface area (Å²) in [6.45, 7) is 7.44. The van der Waals surface area contributed by atoms with E-state index >= 15 is 0 Å². The van der Waals surface area contributed by atoms with Crippen LogP contribution < -0.4 is 0 Å². The van der Waals surface area contributed by atoms with Crippen molar-refractivity contribution in [1.29, 1.82) is 0 Å². The lowest BCUT2D eigenvalue weighted by atomic mass is 9.62. The van der Waals surface area contributed by atoms with Crippen LogP contribution in [0.1, 0.15) is 59.8 Å². The van der Waals surface area contributed by atoms with Crippen LogP contribution in [0.25, 0.3) is 0 Å². The predicted octanol–water partition coefficient (Wildman–Crippen LogP) is 2.73. The molecule has 128 valence electrons. The first-order valence-corrected chi connectivity index (χ1v) is 8.44. The van der Waals surface area contributed by atoms with Gasteiger partial charge in [-0.2, -0.15) is 0 Å². The molecule has 4 heteroatoms. The van der Waals surface area contributed by atoms with Crippen LogP contribution in [-0.4, -0.2) is 33.5 Å². The summed E-state index contributed by atoms with van der Waals surface area (Å²) in [6, 6.07) is 0. The first-order chi connectivity index (χ1) is 10.6. The van der Waals surface area contributed by atoms with Gasteiger partial charge in [0.1, 0.15) is 6.10 Å². The number of carbonyl (C=O) groups excluding carboxylic acids is 2. The van der Waals surface area contributed by atoms with Crippen LogP contribution in [0.2, 0.25) is 0 Å². The lowest BCUT2D eigenvalue weighted by Gasteiger charge is -2.39. The van der Waals surface area contributed by atoms with Gasteiger partial charge in [-0.05, 0) is 51.5 Å². The van der Waals surface area contributed by atoms with E-state index in [0.29, 0.717) is 25.7 Å². The topological polar surface area (TPSA) is 74.6 Å². The molecule has 0 aromatic heterocycles. The highest BCUT2D eigenvalue weighted by Crippen LogP contribution is 2.43. The van der Waals surface area contributed by atoms with E-state index in [1.165, 1.54) is 11.6 Å². The summed E-state index contributed by atoms with van der Waals surface area (Å²) in [4.78, 5) is 25.3. The smallest absolute Gasteiger partial charge is 0.172 e. The van der Waals surface area contributed by atoms with Crippen molar-refractivity contribution in [1.82, 2.24) is 0 Å². The van der Waals surface area contributed by atoms with Gasteiger partial charge in [0.25, 0.3) is 0 Å². The van der Waals surface area contributed by atoms with Crippen molar-refractivity contribution in [2.24, 2.45) is 11.3 Å². The minimum atomic E-state index is -1.36. The molecule has 2 N–H and O–H groups in total. The highest BCUT2D eigenvalue weighted by Gasteiger charge is 2.47. The second-order valence-electron chi connectivity index (χ2n) is 7.75. The van der Waals surface area contributed by atoms with E-state index in [2.05, 4.69) is 6.08 Å². The van der Waals surface area contributed by atoms with Gasteiger partial charge in [0.05, 0.1) is 11.2 Å². The minimum Gasteiger partial charge on any atom is -0.387 e. The second kappa shape index (κ2) is 6.33. The summed E-state index contributed by atoms with van der Waals surface area (Å²) >= 11 is 0. The number of aliphatic hydroxyl groups is 2. The summed E-state index contributed by atoms with van der Waals surface area (Å²) in [5.41, 5.74) is -0.706. The molecule has 0 amide bonds. The van der Waals surface area contributed by atoms with Gasteiger partial charge in [-0.1, -0.05) is 25.5 Å². The fourth-order valence-electron chi connectivity index (χ4n) is 3.45. The van der Waals surface area contributed by atoms with Crippen molar-refractivity contribution in [3.63, 3.8) is 0 Å². The molecule has 1 fully saturated rings. The van der Waals surface area contributed by atoms with Crippen molar-refractivity contribution in [3.05, 3.63) is 23.3 Å². The SMILES string of the molecule is C/C1=C/CC[C@](C)(O)[C@H](O)/C=C2/C(=O)C[C@@H](C)[C@](C)(CC1)C2=O. The zero-order chi connectivity index (χ0) is 17.4. The summed E-state index contributed by atoms with van der Waals surface area (Å²) in [6.07, 6.45) is 4.98. The Hall–Kier alpha value is -1.26. The van der Waals surface area contributed by atoms with E-state index < -0.39 is 17.1 Å². The standard InChI is InChI=1S/C19H28O4/c1-12-6-5-8-19(4,23)16(21)11-14-15(20)10-13(2)18(3,9-7-12)17(14)22/h6,11,13,16,21,23H,5,7-10H2,1-4H3/b12-6-,14-11-/t13-,16-,18+,19+/m1/s1. The summed E-state index contributed by atoms with van der Waals surface area (Å²) < 4.78 is 0. The molecule has 1 saturated carbocycles. The molecule has 0 aromatic carbocycles. The van der Waals surface area contributed by atoms with Crippen molar-refractivity contribution >= 4 is 11.6 Å². The van der Waals surface area contributed by atoms with Crippen molar-refractivity contribution in [2.75, 3.05) is 0 Å². The zero-order valence-corrected chi connectivity index (χ0v) is 14.6. The number of rotatable bonds is 0. The Labute approximate surface area is 138 Å². The third-order valence-electron chi connectivity index (χ3n) is 5.79. The molecule has 4 atom stereocenters. The van der Waals surface area contributed by atoms with Crippen molar-refractivity contribution in [3.8, 4) is 0 Å². The number of hydrogen-bond donors (Lipinski definition) is 2. The van der Waals surface area contributed by atoms with Gasteiger partial charge in [0.2, 0.25) is 0 Å². The van der Waals surface area contributed by atoms with E-state index in [-0.39, 0.29) is 23.1 Å². The average Bonchev–Trinajstić information content (AvgIpc) is 2.46. The maximum absolute atomic E-state index is 12.9. The van der Waals surface area contributed by atoms with Crippen LogP contribution >= 0.6 is 0 Å². The second-order valence-corrected chi connectivity index (χ2v) is 7.75. The first-order valence-electron chi connectivity index (χ1n) is 8.44. The van der Waals surface area contributed by atoms with Crippen molar-refractivity contribution < 1.29 is 19.8 Å². The number of hydrogen-bond acceptors (Lipinski definition) is 4. The average molecular weight is 320 g/mol. The molecule has 2 aliphatic carbocycles. The Morgan fingerprint density at radius 2 is 1.87 bits per heavy atom. The van der Waals surface area contributed by atoms with Gasteiger partial charge < -0.3 is 10.2 Å². The number of fused-ring (bicyclic) bond motifs is 2. The zero-order valence-electron chi connectivity index (χ0n) is 14.6. The highest BCUT2D eigenvalue weighted by molar-refractivity contribution is 6.23. The molecule has 2 rings (SSSR count). The Morgan fingerprint density at radius 3 is 2.52 bits per heavy atom. The van der Waals surface area contributed by atoms with Crippen LogP contribution in [0, 0.1) is 11.3 Å². The lowest BCUT2D eigenvalue weighted by Crippen LogP contribution is -2.45. The Kier molecular flexibility index (Phi) is 4.97. The fraction of sp³-hybridized carbons (Fsp3) is 0.684. The molecule has 4 nitrogen and oxygen atoms in total. The first kappa shape index (κ1) is 18.1. The van der Waals surface area contributed by atoms with Crippen LogP contribution in [0.5, 0.6) is 0 Å². The van der Waals surface area contributed by atoms with Crippen LogP contribution in [0.15, 0.2) is 23.3 Å².